The molecule has 2 rings (SSSR count). The van der Waals surface area contributed by atoms with Crippen molar-refractivity contribution < 1.29 is 24.0 Å². The van der Waals surface area contributed by atoms with Gasteiger partial charge in [-0.25, -0.2) is 0 Å². The van der Waals surface area contributed by atoms with Crippen molar-refractivity contribution in [1.82, 2.24) is 10.1 Å². The van der Waals surface area contributed by atoms with Crippen molar-refractivity contribution in [3.63, 3.8) is 0 Å². The quantitative estimate of drug-likeness (QED) is 0.807. The number of carbonyl (C=O) groups is 2. The van der Waals surface area contributed by atoms with E-state index < -0.39 is 5.97 Å². The predicted molar refractivity (Wildman–Crippen MR) is 72.8 cm³/mol. The first-order chi connectivity index (χ1) is 10.0. The van der Waals surface area contributed by atoms with Gasteiger partial charge in [-0.3, -0.25) is 9.59 Å². The maximum Gasteiger partial charge on any atom is 0.305 e. The standard InChI is InChI=1S/C14H20N2O5/c1-10-7-11(15-21-10)8-13(17)16(5-4-14(18)19)9-12-3-2-6-20-12/h7,12H,2-6,8-9H2,1H3,(H,18,19)/t12-/m0/s1. The normalized spacial score (nSPS) is 17.9. The second kappa shape index (κ2) is 7.21. The van der Waals surface area contributed by atoms with Crippen LogP contribution in [0.1, 0.15) is 30.7 Å². The molecular formula is C14H20N2O5. The van der Waals surface area contributed by atoms with E-state index in [1.165, 1.54) is 0 Å². The monoisotopic (exact) mass is 296 g/mol. The maximum absolute atomic E-state index is 12.3. The summed E-state index contributed by atoms with van der Waals surface area (Å²) in [7, 11) is 0. The Morgan fingerprint density at radius 1 is 1.52 bits per heavy atom. The highest BCUT2D eigenvalue weighted by Crippen LogP contribution is 2.14. The van der Waals surface area contributed by atoms with Crippen LogP contribution in [0.15, 0.2) is 10.6 Å². The summed E-state index contributed by atoms with van der Waals surface area (Å²) in [5, 5.41) is 12.6. The van der Waals surface area contributed by atoms with Crippen LogP contribution >= 0.6 is 0 Å². The highest BCUT2D eigenvalue weighted by atomic mass is 16.5. The fraction of sp³-hybridized carbons (Fsp3) is 0.643. The number of hydrogen-bond donors (Lipinski definition) is 1. The van der Waals surface area contributed by atoms with Crippen LogP contribution in [0.4, 0.5) is 0 Å². The molecule has 2 heterocycles. The minimum Gasteiger partial charge on any atom is -0.481 e. The number of aromatic nitrogens is 1. The van der Waals surface area contributed by atoms with Crippen LogP contribution in [0.25, 0.3) is 0 Å². The molecule has 1 aromatic rings. The number of hydrogen-bond acceptors (Lipinski definition) is 5. The van der Waals surface area contributed by atoms with Crippen molar-refractivity contribution in [2.24, 2.45) is 0 Å². The maximum atomic E-state index is 12.3. The Labute approximate surface area is 122 Å². The molecule has 1 saturated heterocycles. The zero-order valence-corrected chi connectivity index (χ0v) is 12.1. The topological polar surface area (TPSA) is 92.9 Å². The molecule has 1 atom stereocenters. The highest BCUT2D eigenvalue weighted by Gasteiger charge is 2.23. The van der Waals surface area contributed by atoms with Gasteiger partial charge in [0.15, 0.2) is 0 Å². The number of rotatable bonds is 7. The molecule has 1 aliphatic heterocycles. The molecule has 7 nitrogen and oxygen atoms in total. The molecule has 1 N–H and O–H groups in total. The summed E-state index contributed by atoms with van der Waals surface area (Å²) in [5.41, 5.74) is 0.560. The highest BCUT2D eigenvalue weighted by molar-refractivity contribution is 5.79. The second-order valence-electron chi connectivity index (χ2n) is 5.22. The van der Waals surface area contributed by atoms with E-state index in [1.807, 2.05) is 0 Å². The van der Waals surface area contributed by atoms with Gasteiger partial charge in [-0.1, -0.05) is 5.16 Å². The van der Waals surface area contributed by atoms with Crippen molar-refractivity contribution in [1.29, 1.82) is 0 Å². The van der Waals surface area contributed by atoms with Crippen molar-refractivity contribution in [3.8, 4) is 0 Å². The summed E-state index contributed by atoms with van der Waals surface area (Å²) in [4.78, 5) is 24.6. The third-order valence-corrected chi connectivity index (χ3v) is 3.41. The van der Waals surface area contributed by atoms with Crippen LogP contribution in [-0.2, 0) is 20.7 Å². The smallest absolute Gasteiger partial charge is 0.305 e. The lowest BCUT2D eigenvalue weighted by Crippen LogP contribution is -2.39. The van der Waals surface area contributed by atoms with Gasteiger partial charge in [-0.2, -0.15) is 0 Å². The largest absolute Gasteiger partial charge is 0.481 e. The predicted octanol–water partition coefficient (Wildman–Crippen LogP) is 1.01. The third kappa shape index (κ3) is 4.86. The minimum absolute atomic E-state index is 0.00166. The van der Waals surface area contributed by atoms with Gasteiger partial charge in [0.05, 0.1) is 24.6 Å². The average Bonchev–Trinajstić information content (AvgIpc) is 3.06. The van der Waals surface area contributed by atoms with Crippen LogP contribution < -0.4 is 0 Å². The van der Waals surface area contributed by atoms with Gasteiger partial charge in [0, 0.05) is 25.8 Å². The number of carboxylic acids is 1. The van der Waals surface area contributed by atoms with Crippen LogP contribution in [0.5, 0.6) is 0 Å². The fourth-order valence-corrected chi connectivity index (χ4v) is 2.35. The van der Waals surface area contributed by atoms with Crippen LogP contribution in [-0.4, -0.2) is 52.8 Å². The lowest BCUT2D eigenvalue weighted by atomic mass is 10.2. The number of aliphatic carboxylic acids is 1. The summed E-state index contributed by atoms with van der Waals surface area (Å²) in [6, 6.07) is 1.71. The molecule has 7 heteroatoms. The molecule has 21 heavy (non-hydrogen) atoms. The first kappa shape index (κ1) is 15.5. The van der Waals surface area contributed by atoms with E-state index in [4.69, 9.17) is 14.4 Å². The number of carbonyl (C=O) groups excluding carboxylic acids is 1. The summed E-state index contributed by atoms with van der Waals surface area (Å²) in [5.74, 6) is -0.425. The molecule has 116 valence electrons. The Bertz CT molecular complexity index is 493. The molecule has 0 saturated carbocycles. The molecule has 0 unspecified atom stereocenters. The van der Waals surface area contributed by atoms with E-state index in [9.17, 15) is 9.59 Å². The Balaban J connectivity index is 1.94. The third-order valence-electron chi connectivity index (χ3n) is 3.41. The Morgan fingerprint density at radius 2 is 2.33 bits per heavy atom. The second-order valence-corrected chi connectivity index (χ2v) is 5.22. The zero-order chi connectivity index (χ0) is 15.2. The average molecular weight is 296 g/mol. The van der Waals surface area contributed by atoms with E-state index in [0.29, 0.717) is 24.6 Å². The number of aryl methyl sites for hydroxylation is 1. The van der Waals surface area contributed by atoms with Gasteiger partial charge < -0.3 is 19.3 Å². The van der Waals surface area contributed by atoms with E-state index in [2.05, 4.69) is 5.16 Å². The summed E-state index contributed by atoms with van der Waals surface area (Å²) < 4.78 is 10.5. The Hall–Kier alpha value is -1.89. The molecule has 0 radical (unpaired) electrons. The molecule has 1 fully saturated rings. The van der Waals surface area contributed by atoms with Crippen molar-refractivity contribution in [3.05, 3.63) is 17.5 Å². The van der Waals surface area contributed by atoms with Crippen LogP contribution in [0.2, 0.25) is 0 Å². The summed E-state index contributed by atoms with van der Waals surface area (Å²) in [6.07, 6.45) is 1.93. The van der Waals surface area contributed by atoms with Crippen molar-refractivity contribution in [2.75, 3.05) is 19.7 Å². The van der Waals surface area contributed by atoms with Gasteiger partial charge in [-0.15, -0.1) is 0 Å². The number of nitrogens with zero attached hydrogens (tertiary/aromatic N) is 2. The Morgan fingerprint density at radius 3 is 2.90 bits per heavy atom. The molecule has 0 bridgehead atoms. The van der Waals surface area contributed by atoms with E-state index >= 15 is 0 Å². The molecule has 0 spiro atoms. The van der Waals surface area contributed by atoms with E-state index in [1.54, 1.807) is 17.9 Å². The Kier molecular flexibility index (Phi) is 5.32. The summed E-state index contributed by atoms with van der Waals surface area (Å²) >= 11 is 0. The number of carboxylic acid groups (broad SMARTS) is 1. The van der Waals surface area contributed by atoms with Gasteiger partial charge in [-0.05, 0) is 19.8 Å². The van der Waals surface area contributed by atoms with Crippen molar-refractivity contribution in [2.45, 2.75) is 38.7 Å². The first-order valence-corrected chi connectivity index (χ1v) is 7.08. The SMILES string of the molecule is Cc1cc(CC(=O)N(CCC(=O)O)C[C@@H]2CCCO2)no1. The van der Waals surface area contributed by atoms with E-state index in [-0.39, 0.29) is 31.4 Å². The zero-order valence-electron chi connectivity index (χ0n) is 12.1. The van der Waals surface area contributed by atoms with Gasteiger partial charge >= 0.3 is 5.97 Å². The fourth-order valence-electron chi connectivity index (χ4n) is 2.35. The molecular weight excluding hydrogens is 276 g/mol. The van der Waals surface area contributed by atoms with Crippen molar-refractivity contribution >= 4 is 11.9 Å². The molecule has 0 aromatic carbocycles. The number of amides is 1. The molecule has 1 amide bonds. The summed E-state index contributed by atoms with van der Waals surface area (Å²) in [6.45, 7) is 3.08. The molecule has 0 aliphatic carbocycles. The lowest BCUT2D eigenvalue weighted by Gasteiger charge is -2.24. The number of ether oxygens (including phenoxy) is 1. The van der Waals surface area contributed by atoms with Crippen LogP contribution in [0, 0.1) is 6.92 Å². The first-order valence-electron chi connectivity index (χ1n) is 7.08. The molecule has 1 aliphatic rings. The minimum atomic E-state index is -0.919. The lowest BCUT2D eigenvalue weighted by molar-refractivity contribution is -0.139. The van der Waals surface area contributed by atoms with Gasteiger partial charge in [0.2, 0.25) is 5.91 Å². The van der Waals surface area contributed by atoms with Crippen LogP contribution in [0.3, 0.4) is 0 Å². The van der Waals surface area contributed by atoms with E-state index in [0.717, 1.165) is 12.8 Å². The van der Waals surface area contributed by atoms with Gasteiger partial charge in [0.25, 0.3) is 0 Å². The van der Waals surface area contributed by atoms with Gasteiger partial charge in [0.1, 0.15) is 5.76 Å². The molecule has 1 aromatic heterocycles.